The third kappa shape index (κ3) is 5.33. The van der Waals surface area contributed by atoms with Crippen LogP contribution in [0.15, 0.2) is 41.8 Å². The summed E-state index contributed by atoms with van der Waals surface area (Å²) in [5, 5.41) is 3.15. The number of carbonyl (C=O) groups is 2. The third-order valence-corrected chi connectivity index (χ3v) is 9.70. The quantitative estimate of drug-likeness (QED) is 0.328. The van der Waals surface area contributed by atoms with E-state index in [4.69, 9.17) is 9.72 Å². The number of hydrogen-bond donors (Lipinski definition) is 0. The molecule has 2 bridgehead atoms. The minimum Gasteiger partial charge on any atom is -0.488 e. The van der Waals surface area contributed by atoms with Gasteiger partial charge in [-0.05, 0) is 87.1 Å². The fourth-order valence-electron chi connectivity index (χ4n) is 6.63. The number of carbonyl (C=O) groups excluding carboxylic acids is 2. The lowest BCUT2D eigenvalue weighted by Crippen LogP contribution is -2.42. The summed E-state index contributed by atoms with van der Waals surface area (Å²) in [5.41, 5.74) is 5.91. The monoisotopic (exact) mass is 543 g/mol. The Hall–Kier alpha value is -3.19. The molecule has 2 unspecified atom stereocenters. The van der Waals surface area contributed by atoms with Gasteiger partial charge in [0, 0.05) is 48.6 Å². The van der Waals surface area contributed by atoms with Crippen molar-refractivity contribution in [3.05, 3.63) is 64.0 Å². The van der Waals surface area contributed by atoms with E-state index >= 15 is 0 Å². The van der Waals surface area contributed by atoms with Crippen LogP contribution in [0.2, 0.25) is 0 Å². The molecule has 3 aromatic rings. The maximum atomic E-state index is 13.0. The van der Waals surface area contributed by atoms with Gasteiger partial charge in [0.15, 0.2) is 5.13 Å². The molecule has 2 saturated heterocycles. The predicted octanol–water partition coefficient (Wildman–Crippen LogP) is 6.29. The molecule has 2 atom stereocenters. The Morgan fingerprint density at radius 2 is 1.82 bits per heavy atom. The van der Waals surface area contributed by atoms with Crippen LogP contribution in [0.3, 0.4) is 0 Å². The van der Waals surface area contributed by atoms with Crippen molar-refractivity contribution in [2.45, 2.75) is 52.6 Å². The van der Waals surface area contributed by atoms with Crippen LogP contribution >= 0.6 is 11.3 Å². The highest BCUT2D eigenvalue weighted by atomic mass is 32.1. The van der Waals surface area contributed by atoms with Crippen molar-refractivity contribution in [1.29, 1.82) is 0 Å². The van der Waals surface area contributed by atoms with Gasteiger partial charge >= 0.3 is 0 Å². The molecule has 2 aliphatic heterocycles. The van der Waals surface area contributed by atoms with Gasteiger partial charge in [-0.3, -0.25) is 4.79 Å². The number of piperidine rings is 2. The third-order valence-electron chi connectivity index (χ3n) is 8.80. The summed E-state index contributed by atoms with van der Waals surface area (Å²) in [4.78, 5) is 33.9. The van der Waals surface area contributed by atoms with Gasteiger partial charge in [0.2, 0.25) is 0 Å². The van der Waals surface area contributed by atoms with Crippen molar-refractivity contribution in [3.8, 4) is 17.0 Å². The van der Waals surface area contributed by atoms with Crippen molar-refractivity contribution in [1.82, 2.24) is 9.88 Å². The van der Waals surface area contributed by atoms with Crippen LogP contribution in [0.1, 0.15) is 59.2 Å². The Morgan fingerprint density at radius 1 is 1.05 bits per heavy atom. The van der Waals surface area contributed by atoms with Gasteiger partial charge in [0.05, 0.1) is 5.69 Å². The number of anilines is 1. The minimum atomic E-state index is 0.142. The Balaban J connectivity index is 1.16. The number of amides is 1. The second-order valence-electron chi connectivity index (χ2n) is 11.5. The predicted molar refractivity (Wildman–Crippen MR) is 156 cm³/mol. The van der Waals surface area contributed by atoms with E-state index in [1.165, 1.54) is 12.7 Å². The van der Waals surface area contributed by atoms with E-state index in [-0.39, 0.29) is 11.8 Å². The summed E-state index contributed by atoms with van der Waals surface area (Å²) in [6.07, 6.45) is 6.87. The number of likely N-dealkylation sites (tertiary alicyclic amines) is 1. The standard InChI is InChI=1S/C32H37N3O3S/c1-21-6-11-30(38-19-23-7-10-26(22(2)15-23)31(37)34-12-4-3-5-13-34)27(14-21)29-20-39-32(33-29)35-16-24-8-9-25(17-35)28(24)18-36/h6-7,10-11,14-15,18,20,24-25,28H,3-5,8-9,12-13,16-17,19H2,1-2H3. The second-order valence-corrected chi connectivity index (χ2v) is 12.4. The van der Waals surface area contributed by atoms with Crippen molar-refractivity contribution >= 4 is 28.7 Å². The molecular weight excluding hydrogens is 506 g/mol. The van der Waals surface area contributed by atoms with E-state index in [0.29, 0.717) is 18.4 Å². The van der Waals surface area contributed by atoms with E-state index in [2.05, 4.69) is 35.4 Å². The molecule has 0 N–H and O–H groups in total. The molecule has 1 saturated carbocycles. The molecular formula is C32H37N3O3S. The number of rotatable bonds is 7. The van der Waals surface area contributed by atoms with Crippen LogP contribution in [0.25, 0.3) is 11.3 Å². The van der Waals surface area contributed by atoms with E-state index in [1.807, 2.05) is 30.0 Å². The number of nitrogens with zero attached hydrogens (tertiary/aromatic N) is 3. The van der Waals surface area contributed by atoms with Crippen molar-refractivity contribution in [3.63, 3.8) is 0 Å². The first kappa shape index (κ1) is 26.1. The number of hydrogen-bond acceptors (Lipinski definition) is 6. The first-order chi connectivity index (χ1) is 19.0. The van der Waals surface area contributed by atoms with Gasteiger partial charge in [-0.15, -0.1) is 11.3 Å². The summed E-state index contributed by atoms with van der Waals surface area (Å²) in [7, 11) is 0. The fourth-order valence-corrected chi connectivity index (χ4v) is 7.48. The van der Waals surface area contributed by atoms with Crippen LogP contribution < -0.4 is 9.64 Å². The number of aryl methyl sites for hydroxylation is 2. The lowest BCUT2D eigenvalue weighted by atomic mass is 9.87. The smallest absolute Gasteiger partial charge is 0.254 e. The zero-order chi connectivity index (χ0) is 26.9. The van der Waals surface area contributed by atoms with E-state index in [1.54, 1.807) is 11.3 Å². The summed E-state index contributed by atoms with van der Waals surface area (Å²) in [6.45, 7) is 8.07. The molecule has 3 fully saturated rings. The van der Waals surface area contributed by atoms with Crippen LogP contribution in [-0.4, -0.2) is 48.3 Å². The van der Waals surface area contributed by atoms with Crippen molar-refractivity contribution < 1.29 is 14.3 Å². The zero-order valence-electron chi connectivity index (χ0n) is 22.9. The Labute approximate surface area is 235 Å². The highest BCUT2D eigenvalue weighted by Crippen LogP contribution is 2.43. The van der Waals surface area contributed by atoms with Crippen LogP contribution in [-0.2, 0) is 11.4 Å². The minimum absolute atomic E-state index is 0.142. The van der Waals surface area contributed by atoms with Crippen molar-refractivity contribution in [2.75, 3.05) is 31.1 Å². The van der Waals surface area contributed by atoms with E-state index < -0.39 is 0 Å². The lowest BCUT2D eigenvalue weighted by Gasteiger charge is -2.35. The maximum absolute atomic E-state index is 13.0. The normalized spacial score (nSPS) is 22.7. The molecule has 6 rings (SSSR count). The Bertz CT molecular complexity index is 1350. The van der Waals surface area contributed by atoms with Crippen LogP contribution in [0.5, 0.6) is 5.75 Å². The molecule has 1 aliphatic carbocycles. The maximum Gasteiger partial charge on any atom is 0.254 e. The molecule has 6 nitrogen and oxygen atoms in total. The number of aromatic nitrogens is 1. The van der Waals surface area contributed by atoms with E-state index in [0.717, 1.165) is 96.3 Å². The number of ether oxygens (including phenoxy) is 1. The summed E-state index contributed by atoms with van der Waals surface area (Å²) < 4.78 is 6.35. The average molecular weight is 544 g/mol. The van der Waals surface area contributed by atoms with Crippen molar-refractivity contribution in [2.24, 2.45) is 17.8 Å². The summed E-state index contributed by atoms with van der Waals surface area (Å²) in [5.74, 6) is 2.08. The molecule has 0 radical (unpaired) electrons. The summed E-state index contributed by atoms with van der Waals surface area (Å²) >= 11 is 1.67. The molecule has 2 aromatic carbocycles. The Morgan fingerprint density at radius 3 is 2.54 bits per heavy atom. The average Bonchev–Trinajstić information content (AvgIpc) is 3.54. The molecule has 1 amide bonds. The summed E-state index contributed by atoms with van der Waals surface area (Å²) in [6, 6.07) is 12.3. The number of benzene rings is 2. The first-order valence-electron chi connectivity index (χ1n) is 14.3. The van der Waals surface area contributed by atoms with Gasteiger partial charge < -0.3 is 19.3 Å². The number of fused-ring (bicyclic) bond motifs is 2. The van der Waals surface area contributed by atoms with E-state index in [9.17, 15) is 9.59 Å². The van der Waals surface area contributed by atoms with Crippen LogP contribution in [0.4, 0.5) is 5.13 Å². The molecule has 39 heavy (non-hydrogen) atoms. The van der Waals surface area contributed by atoms with Gasteiger partial charge in [-0.25, -0.2) is 4.98 Å². The molecule has 0 spiro atoms. The second kappa shape index (κ2) is 11.1. The Kier molecular flexibility index (Phi) is 7.43. The fraction of sp³-hybridized carbons (Fsp3) is 0.469. The molecule has 204 valence electrons. The largest absolute Gasteiger partial charge is 0.488 e. The molecule has 7 heteroatoms. The highest BCUT2D eigenvalue weighted by molar-refractivity contribution is 7.14. The number of aldehydes is 1. The molecule has 3 heterocycles. The highest BCUT2D eigenvalue weighted by Gasteiger charge is 2.42. The van der Waals surface area contributed by atoms with Gasteiger partial charge in [0.1, 0.15) is 18.6 Å². The molecule has 1 aromatic heterocycles. The zero-order valence-corrected chi connectivity index (χ0v) is 23.7. The topological polar surface area (TPSA) is 62.7 Å². The molecule has 3 aliphatic rings. The number of thiazole rings is 1. The van der Waals surface area contributed by atoms with Gasteiger partial charge in [-0.2, -0.15) is 0 Å². The van der Waals surface area contributed by atoms with Gasteiger partial charge in [0.25, 0.3) is 5.91 Å². The van der Waals surface area contributed by atoms with Crippen LogP contribution in [0, 0.1) is 31.6 Å². The van der Waals surface area contributed by atoms with Gasteiger partial charge in [-0.1, -0.05) is 23.8 Å². The SMILES string of the molecule is Cc1ccc(OCc2ccc(C(=O)N3CCCCC3)c(C)c2)c(-c2csc(N3CC4CCC(C3)C4C=O)n2)c1. The first-order valence-corrected chi connectivity index (χ1v) is 15.2. The lowest BCUT2D eigenvalue weighted by molar-refractivity contribution is -0.113.